The summed E-state index contributed by atoms with van der Waals surface area (Å²) in [6, 6.07) is 8.68. The van der Waals surface area contributed by atoms with Gasteiger partial charge in [0, 0.05) is 26.2 Å². The van der Waals surface area contributed by atoms with E-state index in [-0.39, 0.29) is 0 Å². The van der Waals surface area contributed by atoms with Crippen LogP contribution in [-0.4, -0.2) is 38.3 Å². The molecule has 0 heterocycles. The van der Waals surface area contributed by atoms with E-state index in [9.17, 15) is 0 Å². The molecule has 0 saturated heterocycles. The summed E-state index contributed by atoms with van der Waals surface area (Å²) in [5.74, 6) is 0.640. The summed E-state index contributed by atoms with van der Waals surface area (Å²) in [6.07, 6.45) is 2.54. The van der Waals surface area contributed by atoms with Gasteiger partial charge in [0.15, 0.2) is 0 Å². The normalized spacial score (nSPS) is 14.4. The second-order valence-corrected chi connectivity index (χ2v) is 4.84. The second kappa shape index (κ2) is 6.55. The van der Waals surface area contributed by atoms with Crippen LogP contribution in [0, 0.1) is 11.3 Å². The van der Waals surface area contributed by atoms with Gasteiger partial charge in [0.2, 0.25) is 0 Å². The van der Waals surface area contributed by atoms with Crippen LogP contribution >= 0.6 is 0 Å². The van der Waals surface area contributed by atoms with Crippen LogP contribution in [0.25, 0.3) is 0 Å². The summed E-state index contributed by atoms with van der Waals surface area (Å²) in [4.78, 5) is 2.42. The van der Waals surface area contributed by atoms with Crippen LogP contribution in [0.15, 0.2) is 18.2 Å². The van der Waals surface area contributed by atoms with Gasteiger partial charge >= 0.3 is 0 Å². The molecule has 0 spiro atoms. The van der Waals surface area contributed by atoms with Gasteiger partial charge in [0.25, 0.3) is 0 Å². The van der Waals surface area contributed by atoms with Crippen molar-refractivity contribution in [1.29, 1.82) is 5.26 Å². The Labute approximate surface area is 114 Å². The first-order valence-electron chi connectivity index (χ1n) is 6.58. The van der Waals surface area contributed by atoms with Crippen LogP contribution in [0.1, 0.15) is 24.0 Å². The van der Waals surface area contributed by atoms with E-state index in [0.717, 1.165) is 25.3 Å². The van der Waals surface area contributed by atoms with E-state index in [1.165, 1.54) is 12.8 Å². The monoisotopic (exact) mass is 260 g/mol. The van der Waals surface area contributed by atoms with Crippen molar-refractivity contribution in [1.82, 2.24) is 4.90 Å². The molecule has 1 aliphatic carbocycles. The highest BCUT2D eigenvalue weighted by Crippen LogP contribution is 2.29. The third kappa shape index (κ3) is 3.69. The molecule has 1 aromatic carbocycles. The first kappa shape index (κ1) is 13.9. The average molecular weight is 260 g/mol. The molecule has 0 amide bonds. The van der Waals surface area contributed by atoms with Crippen LogP contribution in [0.3, 0.4) is 0 Å². The number of methoxy groups -OCH3 is 2. The van der Waals surface area contributed by atoms with Gasteiger partial charge in [0.1, 0.15) is 11.8 Å². The fourth-order valence-electron chi connectivity index (χ4n) is 2.21. The Bertz CT molecular complexity index is 464. The topological polar surface area (TPSA) is 45.5 Å². The molecule has 4 nitrogen and oxygen atoms in total. The molecule has 1 aromatic rings. The summed E-state index contributed by atoms with van der Waals surface area (Å²) >= 11 is 0. The van der Waals surface area contributed by atoms with Crippen LogP contribution < -0.4 is 4.74 Å². The van der Waals surface area contributed by atoms with Crippen molar-refractivity contribution in [2.75, 3.05) is 27.4 Å². The Balaban J connectivity index is 2.06. The molecule has 1 saturated carbocycles. The number of nitriles is 1. The SMILES string of the molecule is COCCN(Cc1ccc(OC)c(C#N)c1)C1CC1. The molecule has 19 heavy (non-hydrogen) atoms. The Morgan fingerprint density at radius 2 is 2.16 bits per heavy atom. The summed E-state index contributed by atoms with van der Waals surface area (Å²) in [5.41, 5.74) is 1.75. The lowest BCUT2D eigenvalue weighted by molar-refractivity contribution is 0.139. The van der Waals surface area contributed by atoms with Crippen molar-refractivity contribution >= 4 is 0 Å². The molecule has 2 rings (SSSR count). The Morgan fingerprint density at radius 1 is 1.37 bits per heavy atom. The minimum atomic E-state index is 0.600. The number of hydrogen-bond acceptors (Lipinski definition) is 4. The lowest BCUT2D eigenvalue weighted by Crippen LogP contribution is -2.29. The van der Waals surface area contributed by atoms with Crippen molar-refractivity contribution in [3.8, 4) is 11.8 Å². The van der Waals surface area contributed by atoms with Gasteiger partial charge in [-0.15, -0.1) is 0 Å². The van der Waals surface area contributed by atoms with E-state index in [1.54, 1.807) is 14.2 Å². The number of benzene rings is 1. The van der Waals surface area contributed by atoms with Gasteiger partial charge in [-0.2, -0.15) is 5.26 Å². The molecule has 1 fully saturated rings. The zero-order valence-corrected chi connectivity index (χ0v) is 11.6. The molecule has 102 valence electrons. The maximum Gasteiger partial charge on any atom is 0.136 e. The first-order valence-corrected chi connectivity index (χ1v) is 6.58. The van der Waals surface area contributed by atoms with Gasteiger partial charge in [-0.3, -0.25) is 4.90 Å². The third-order valence-electron chi connectivity index (χ3n) is 3.42. The van der Waals surface area contributed by atoms with E-state index < -0.39 is 0 Å². The van der Waals surface area contributed by atoms with E-state index in [2.05, 4.69) is 11.0 Å². The van der Waals surface area contributed by atoms with Gasteiger partial charge in [-0.05, 0) is 30.5 Å². The minimum absolute atomic E-state index is 0.600. The lowest BCUT2D eigenvalue weighted by atomic mass is 10.1. The second-order valence-electron chi connectivity index (χ2n) is 4.84. The summed E-state index contributed by atoms with van der Waals surface area (Å²) in [7, 11) is 3.32. The first-order chi connectivity index (χ1) is 9.28. The zero-order chi connectivity index (χ0) is 13.7. The van der Waals surface area contributed by atoms with E-state index >= 15 is 0 Å². The van der Waals surface area contributed by atoms with Crippen LogP contribution in [0.2, 0.25) is 0 Å². The Hall–Kier alpha value is -1.57. The molecule has 0 unspecified atom stereocenters. The molecule has 1 aliphatic rings. The predicted octanol–water partition coefficient (Wildman–Crippen LogP) is 2.18. The standard InChI is InChI=1S/C15H20N2O2/c1-18-8-7-17(14-4-5-14)11-12-3-6-15(19-2)13(9-12)10-16/h3,6,9,14H,4-5,7-8,11H2,1-2H3. The number of rotatable bonds is 7. The van der Waals surface area contributed by atoms with Gasteiger partial charge in [-0.25, -0.2) is 0 Å². The smallest absolute Gasteiger partial charge is 0.136 e. The Kier molecular flexibility index (Phi) is 4.78. The highest BCUT2D eigenvalue weighted by Gasteiger charge is 2.28. The van der Waals surface area contributed by atoms with Gasteiger partial charge in [0.05, 0.1) is 19.3 Å². The highest BCUT2D eigenvalue weighted by molar-refractivity contribution is 5.45. The van der Waals surface area contributed by atoms with E-state index in [0.29, 0.717) is 17.4 Å². The van der Waals surface area contributed by atoms with Crippen molar-refractivity contribution in [3.63, 3.8) is 0 Å². The van der Waals surface area contributed by atoms with E-state index in [1.807, 2.05) is 18.2 Å². The molecule has 4 heteroatoms. The minimum Gasteiger partial charge on any atom is -0.495 e. The van der Waals surface area contributed by atoms with Gasteiger partial charge < -0.3 is 9.47 Å². The summed E-state index contributed by atoms with van der Waals surface area (Å²) < 4.78 is 10.3. The van der Waals surface area contributed by atoms with Crippen molar-refractivity contribution < 1.29 is 9.47 Å². The summed E-state index contributed by atoms with van der Waals surface area (Å²) in [5, 5.41) is 9.11. The third-order valence-corrected chi connectivity index (χ3v) is 3.42. The maximum atomic E-state index is 9.11. The van der Waals surface area contributed by atoms with Crippen molar-refractivity contribution in [3.05, 3.63) is 29.3 Å². The fraction of sp³-hybridized carbons (Fsp3) is 0.533. The van der Waals surface area contributed by atoms with Crippen molar-refractivity contribution in [2.45, 2.75) is 25.4 Å². The van der Waals surface area contributed by atoms with Crippen LogP contribution in [-0.2, 0) is 11.3 Å². The molecule has 0 N–H and O–H groups in total. The molecular weight excluding hydrogens is 240 g/mol. The average Bonchev–Trinajstić information content (AvgIpc) is 3.27. The van der Waals surface area contributed by atoms with Gasteiger partial charge in [-0.1, -0.05) is 6.07 Å². The molecule has 0 bridgehead atoms. The van der Waals surface area contributed by atoms with Crippen molar-refractivity contribution in [2.24, 2.45) is 0 Å². The number of nitrogens with zero attached hydrogens (tertiary/aromatic N) is 2. The number of ether oxygens (including phenoxy) is 2. The quantitative estimate of drug-likeness (QED) is 0.754. The molecular formula is C15H20N2O2. The predicted molar refractivity (Wildman–Crippen MR) is 73.0 cm³/mol. The zero-order valence-electron chi connectivity index (χ0n) is 11.6. The molecule has 0 aromatic heterocycles. The Morgan fingerprint density at radius 3 is 2.74 bits per heavy atom. The van der Waals surface area contributed by atoms with Crippen LogP contribution in [0.5, 0.6) is 5.75 Å². The molecule has 0 radical (unpaired) electrons. The molecule has 0 aliphatic heterocycles. The fourth-order valence-corrected chi connectivity index (χ4v) is 2.21. The molecule has 0 atom stereocenters. The lowest BCUT2D eigenvalue weighted by Gasteiger charge is -2.21. The largest absolute Gasteiger partial charge is 0.495 e. The summed E-state index contributed by atoms with van der Waals surface area (Å²) in [6.45, 7) is 2.56. The number of hydrogen-bond donors (Lipinski definition) is 0. The van der Waals surface area contributed by atoms with Crippen LogP contribution in [0.4, 0.5) is 0 Å². The van der Waals surface area contributed by atoms with E-state index in [4.69, 9.17) is 14.7 Å². The highest BCUT2D eigenvalue weighted by atomic mass is 16.5. The maximum absolute atomic E-state index is 9.11.